The first kappa shape index (κ1) is 9.98. The van der Waals surface area contributed by atoms with Gasteiger partial charge >= 0.3 is 5.97 Å². The second-order valence-electron chi connectivity index (χ2n) is 3.09. The number of nitrogens with zero attached hydrogens (tertiary/aromatic N) is 1. The molecule has 2 rings (SSSR count). The maximum absolute atomic E-state index is 10.8. The van der Waals surface area contributed by atoms with Crippen LogP contribution in [0.15, 0.2) is 23.4 Å². The Balaban J connectivity index is 2.48. The van der Waals surface area contributed by atoms with Crippen LogP contribution in [-0.4, -0.2) is 23.4 Å². The number of carboxylic acids is 1. The fourth-order valence-corrected chi connectivity index (χ4v) is 1.73. The standard InChI is InChI=1S/C10H8ClNO3/c11-9-6(8-4-5-15-12-8)2-1-3-7(9)10(13)14/h1-3H,4-5H2,(H,13,14). The number of halogens is 1. The third-order valence-corrected chi connectivity index (χ3v) is 2.55. The lowest BCUT2D eigenvalue weighted by atomic mass is 10.0. The zero-order chi connectivity index (χ0) is 10.8. The van der Waals surface area contributed by atoms with Gasteiger partial charge in [-0.15, -0.1) is 0 Å². The van der Waals surface area contributed by atoms with Crippen LogP contribution in [0.25, 0.3) is 0 Å². The van der Waals surface area contributed by atoms with Crippen molar-refractivity contribution >= 4 is 23.3 Å². The molecule has 0 fully saturated rings. The Kier molecular flexibility index (Phi) is 2.60. The van der Waals surface area contributed by atoms with Crippen LogP contribution in [-0.2, 0) is 4.84 Å². The van der Waals surface area contributed by atoms with Crippen LogP contribution in [0.4, 0.5) is 0 Å². The number of carboxylic acid groups (broad SMARTS) is 1. The van der Waals surface area contributed by atoms with Crippen molar-refractivity contribution in [2.75, 3.05) is 6.61 Å². The van der Waals surface area contributed by atoms with E-state index in [1.165, 1.54) is 6.07 Å². The molecule has 1 aromatic rings. The summed E-state index contributed by atoms with van der Waals surface area (Å²) in [5, 5.41) is 12.9. The molecule has 15 heavy (non-hydrogen) atoms. The molecular formula is C10H8ClNO3. The monoisotopic (exact) mass is 225 g/mol. The Morgan fingerprint density at radius 3 is 2.93 bits per heavy atom. The Bertz CT molecular complexity index is 442. The summed E-state index contributed by atoms with van der Waals surface area (Å²) in [5.41, 5.74) is 1.42. The number of hydrogen-bond donors (Lipinski definition) is 1. The van der Waals surface area contributed by atoms with Crippen molar-refractivity contribution in [3.63, 3.8) is 0 Å². The second-order valence-corrected chi connectivity index (χ2v) is 3.47. The normalized spacial score (nSPS) is 14.6. The summed E-state index contributed by atoms with van der Waals surface area (Å²) >= 11 is 5.97. The smallest absolute Gasteiger partial charge is 0.337 e. The molecule has 0 aliphatic carbocycles. The van der Waals surface area contributed by atoms with Gasteiger partial charge in [0.1, 0.15) is 6.61 Å². The van der Waals surface area contributed by atoms with Gasteiger partial charge in [0, 0.05) is 12.0 Å². The molecule has 0 unspecified atom stereocenters. The average Bonchev–Trinajstić information content (AvgIpc) is 2.70. The van der Waals surface area contributed by atoms with E-state index < -0.39 is 5.97 Å². The van der Waals surface area contributed by atoms with Gasteiger partial charge < -0.3 is 9.94 Å². The largest absolute Gasteiger partial charge is 0.478 e. The molecule has 4 nitrogen and oxygen atoms in total. The van der Waals surface area contributed by atoms with E-state index in [1.54, 1.807) is 12.1 Å². The predicted octanol–water partition coefficient (Wildman–Crippen LogP) is 2.16. The topological polar surface area (TPSA) is 58.9 Å². The van der Waals surface area contributed by atoms with Crippen LogP contribution in [0.1, 0.15) is 22.3 Å². The first-order valence-corrected chi connectivity index (χ1v) is 4.79. The van der Waals surface area contributed by atoms with Gasteiger partial charge in [0.25, 0.3) is 0 Å². The number of rotatable bonds is 2. The number of aromatic carboxylic acids is 1. The Morgan fingerprint density at radius 2 is 2.33 bits per heavy atom. The summed E-state index contributed by atoms with van der Waals surface area (Å²) in [6.45, 7) is 0.517. The third kappa shape index (κ3) is 1.80. The first-order chi connectivity index (χ1) is 7.20. The number of carbonyl (C=O) groups is 1. The Hall–Kier alpha value is -1.55. The minimum atomic E-state index is -1.04. The Labute approximate surface area is 91.1 Å². The average molecular weight is 226 g/mol. The first-order valence-electron chi connectivity index (χ1n) is 4.41. The van der Waals surface area contributed by atoms with E-state index in [-0.39, 0.29) is 10.6 Å². The molecule has 0 saturated carbocycles. The van der Waals surface area contributed by atoms with Crippen molar-refractivity contribution in [3.8, 4) is 0 Å². The van der Waals surface area contributed by atoms with E-state index in [1.807, 2.05) is 0 Å². The van der Waals surface area contributed by atoms with Gasteiger partial charge in [0.2, 0.25) is 0 Å². The molecular weight excluding hydrogens is 218 g/mol. The van der Waals surface area contributed by atoms with E-state index in [9.17, 15) is 4.79 Å². The zero-order valence-corrected chi connectivity index (χ0v) is 8.49. The van der Waals surface area contributed by atoms with Crippen molar-refractivity contribution in [2.24, 2.45) is 5.16 Å². The minimum absolute atomic E-state index is 0.0868. The lowest BCUT2D eigenvalue weighted by molar-refractivity contribution is 0.0697. The van der Waals surface area contributed by atoms with Gasteiger partial charge in [-0.2, -0.15) is 0 Å². The van der Waals surface area contributed by atoms with Crippen LogP contribution >= 0.6 is 11.6 Å². The molecule has 1 aromatic carbocycles. The lowest BCUT2D eigenvalue weighted by Crippen LogP contribution is -2.04. The van der Waals surface area contributed by atoms with Crippen LogP contribution in [0.2, 0.25) is 5.02 Å². The van der Waals surface area contributed by atoms with Gasteiger partial charge in [-0.25, -0.2) is 4.79 Å². The van der Waals surface area contributed by atoms with Crippen molar-refractivity contribution in [1.82, 2.24) is 0 Å². The number of hydrogen-bond acceptors (Lipinski definition) is 3. The quantitative estimate of drug-likeness (QED) is 0.839. The van der Waals surface area contributed by atoms with E-state index in [0.717, 1.165) is 0 Å². The summed E-state index contributed by atoms with van der Waals surface area (Å²) in [6, 6.07) is 4.85. The molecule has 1 aliphatic rings. The number of benzene rings is 1. The third-order valence-electron chi connectivity index (χ3n) is 2.14. The van der Waals surface area contributed by atoms with E-state index in [4.69, 9.17) is 21.5 Å². The molecule has 1 aliphatic heterocycles. The van der Waals surface area contributed by atoms with Crippen LogP contribution in [0, 0.1) is 0 Å². The summed E-state index contributed by atoms with van der Waals surface area (Å²) in [4.78, 5) is 15.7. The molecule has 1 N–H and O–H groups in total. The zero-order valence-electron chi connectivity index (χ0n) is 7.74. The molecule has 78 valence electrons. The number of oxime groups is 1. The van der Waals surface area contributed by atoms with Crippen LogP contribution in [0.3, 0.4) is 0 Å². The van der Waals surface area contributed by atoms with Crippen molar-refractivity contribution in [3.05, 3.63) is 34.3 Å². The summed E-state index contributed by atoms with van der Waals surface area (Å²) in [5.74, 6) is -1.04. The van der Waals surface area contributed by atoms with E-state index in [2.05, 4.69) is 5.16 Å². The molecule has 0 saturated heterocycles. The van der Waals surface area contributed by atoms with Gasteiger partial charge in [0.05, 0.1) is 16.3 Å². The highest BCUT2D eigenvalue weighted by atomic mass is 35.5. The van der Waals surface area contributed by atoms with Gasteiger partial charge in [-0.05, 0) is 6.07 Å². The van der Waals surface area contributed by atoms with Crippen LogP contribution < -0.4 is 0 Å². The molecule has 0 radical (unpaired) electrons. The highest BCUT2D eigenvalue weighted by molar-refractivity contribution is 6.37. The maximum Gasteiger partial charge on any atom is 0.337 e. The minimum Gasteiger partial charge on any atom is -0.478 e. The highest BCUT2D eigenvalue weighted by Gasteiger charge is 2.18. The summed E-state index contributed by atoms with van der Waals surface area (Å²) in [6.07, 6.45) is 0.656. The highest BCUT2D eigenvalue weighted by Crippen LogP contribution is 2.24. The van der Waals surface area contributed by atoms with E-state index >= 15 is 0 Å². The van der Waals surface area contributed by atoms with Crippen molar-refractivity contribution in [2.45, 2.75) is 6.42 Å². The molecule has 0 bridgehead atoms. The lowest BCUT2D eigenvalue weighted by Gasteiger charge is -2.04. The van der Waals surface area contributed by atoms with Gasteiger partial charge in [0.15, 0.2) is 0 Å². The fraction of sp³-hybridized carbons (Fsp3) is 0.200. The van der Waals surface area contributed by atoms with Crippen molar-refractivity contribution < 1.29 is 14.7 Å². The predicted molar refractivity (Wildman–Crippen MR) is 55.5 cm³/mol. The second kappa shape index (κ2) is 3.90. The molecule has 1 heterocycles. The molecule has 0 aromatic heterocycles. The SMILES string of the molecule is O=C(O)c1cccc(C2=NOCC2)c1Cl. The molecule has 5 heteroatoms. The molecule has 0 spiro atoms. The van der Waals surface area contributed by atoms with Gasteiger partial charge in [-0.3, -0.25) is 0 Å². The molecule has 0 atom stereocenters. The maximum atomic E-state index is 10.8. The van der Waals surface area contributed by atoms with E-state index in [0.29, 0.717) is 24.3 Å². The van der Waals surface area contributed by atoms with Crippen LogP contribution in [0.5, 0.6) is 0 Å². The van der Waals surface area contributed by atoms with Gasteiger partial charge in [-0.1, -0.05) is 28.9 Å². The summed E-state index contributed by atoms with van der Waals surface area (Å²) < 4.78 is 0. The Morgan fingerprint density at radius 1 is 1.53 bits per heavy atom. The molecule has 0 amide bonds. The fourth-order valence-electron chi connectivity index (χ4n) is 1.42. The van der Waals surface area contributed by atoms with Crippen molar-refractivity contribution in [1.29, 1.82) is 0 Å². The summed E-state index contributed by atoms with van der Waals surface area (Å²) in [7, 11) is 0.